The molecule has 0 atom stereocenters. The first-order chi connectivity index (χ1) is 4.37. The maximum absolute atomic E-state index is 8.70. The van der Waals surface area contributed by atoms with Crippen molar-refractivity contribution in [2.24, 2.45) is 0 Å². The maximum Gasteiger partial charge on any atom is 0.692 e. The van der Waals surface area contributed by atoms with Gasteiger partial charge in [0.2, 0.25) is 0 Å². The average molecular weight is 298 g/mol. The van der Waals surface area contributed by atoms with E-state index in [9.17, 15) is 0 Å². The molecule has 10 heavy (non-hydrogen) atoms. The lowest BCUT2D eigenvalue weighted by Gasteiger charge is -2.06. The van der Waals surface area contributed by atoms with Crippen molar-refractivity contribution in [2.75, 3.05) is 0 Å². The zero-order valence-electron chi connectivity index (χ0n) is 5.53. The first kappa shape index (κ1) is 13.5. The van der Waals surface area contributed by atoms with Crippen LogP contribution in [0.4, 0.5) is 0 Å². The lowest BCUT2D eigenvalue weighted by atomic mass is 10.4. The van der Waals surface area contributed by atoms with Gasteiger partial charge in [-0.2, -0.15) is 2.95 Å². The molecule has 0 aromatic carbocycles. The number of halogens is 2. The Labute approximate surface area is 77.9 Å². The van der Waals surface area contributed by atoms with Crippen LogP contribution in [-0.4, -0.2) is 18.8 Å². The Bertz CT molecular complexity index is 89.7. The van der Waals surface area contributed by atoms with Gasteiger partial charge in [-0.25, -0.2) is 0 Å². The number of hydrogen-bond acceptors (Lipinski definition) is 2. The smallest absolute Gasteiger partial charge is 0.175 e. The lowest BCUT2D eigenvalue weighted by molar-refractivity contribution is 0.405. The second-order valence-electron chi connectivity index (χ2n) is 1.61. The highest BCUT2D eigenvalue weighted by Crippen LogP contribution is 2.09. The predicted molar refractivity (Wildman–Crippen MR) is 46.9 cm³/mol. The van der Waals surface area contributed by atoms with E-state index in [1.807, 2.05) is 0 Å². The van der Waals surface area contributed by atoms with E-state index < -0.39 is 8.25 Å². The van der Waals surface area contributed by atoms with E-state index >= 15 is 0 Å². The maximum atomic E-state index is 8.70. The molecule has 0 aromatic heterocycles. The minimum Gasteiger partial charge on any atom is -0.175 e. The zero-order valence-corrected chi connectivity index (χ0v) is 9.60. The molecule has 0 saturated carbocycles. The molecule has 4 nitrogen and oxygen atoms in total. The van der Waals surface area contributed by atoms with Crippen LogP contribution in [0.15, 0.2) is 0 Å². The fraction of sp³-hybridized carbons (Fsp3) is 1.00. The lowest BCUT2D eigenvalue weighted by Crippen LogP contribution is -2.06. The molecule has 0 heterocycles. The van der Waals surface area contributed by atoms with Gasteiger partial charge in [-0.1, -0.05) is 0 Å². The van der Waals surface area contributed by atoms with Crippen LogP contribution in [0.1, 0.15) is 13.8 Å². The summed E-state index contributed by atoms with van der Waals surface area (Å²) >= 11 is 6.38. The Morgan fingerprint density at radius 3 is 1.50 bits per heavy atom. The van der Waals surface area contributed by atoms with E-state index in [2.05, 4.69) is 46.1 Å². The molecule has 0 radical (unpaired) electrons. The Morgan fingerprint density at radius 2 is 1.50 bits per heavy atom. The molecule has 0 aliphatic carbocycles. The molecule has 0 amide bonds. The van der Waals surface area contributed by atoms with Gasteiger partial charge in [0.25, 0.3) is 0 Å². The van der Waals surface area contributed by atoms with Gasteiger partial charge in [-0.15, -0.1) is 9.79 Å². The van der Waals surface area contributed by atoms with Crippen LogP contribution in [0.5, 0.6) is 0 Å². The summed E-state index contributed by atoms with van der Waals surface area (Å²) in [4.78, 5) is 14.2. The summed E-state index contributed by atoms with van der Waals surface area (Å²) in [5.74, 6) is 0. The Hall–Kier alpha value is 0.940. The van der Waals surface area contributed by atoms with Crippen molar-refractivity contribution in [2.45, 2.75) is 19.9 Å². The fourth-order valence-electron chi connectivity index (χ4n) is 0. The first-order valence-electron chi connectivity index (χ1n) is 2.33. The van der Waals surface area contributed by atoms with Crippen molar-refractivity contribution >= 4 is 40.5 Å². The molecule has 2 N–H and O–H groups in total. The number of hydrogen-bond donors (Lipinski definition) is 2. The molecule has 0 bridgehead atoms. The van der Waals surface area contributed by atoms with Gasteiger partial charge in [0.05, 0.1) is 0 Å². The van der Waals surface area contributed by atoms with Crippen LogP contribution in [0.3, 0.4) is 0 Å². The van der Waals surface area contributed by atoms with Crippen LogP contribution in [-0.2, 0) is 4.57 Å². The highest BCUT2D eigenvalue weighted by Gasteiger charge is 1.95. The minimum atomic E-state index is -2.87. The highest BCUT2D eigenvalue weighted by molar-refractivity contribution is 9.21. The van der Waals surface area contributed by atoms with Crippen molar-refractivity contribution in [1.82, 2.24) is 2.95 Å². The van der Waals surface area contributed by atoms with E-state index in [0.717, 1.165) is 0 Å². The van der Waals surface area contributed by atoms with Gasteiger partial charge in [-0.05, 0) is 13.8 Å². The van der Waals surface area contributed by atoms with Crippen molar-refractivity contribution in [3.05, 3.63) is 0 Å². The van der Waals surface area contributed by atoms with Gasteiger partial charge >= 0.3 is 8.25 Å². The topological polar surface area (TPSA) is 60.8 Å². The van der Waals surface area contributed by atoms with Gasteiger partial charge in [0.1, 0.15) is 0 Å². The van der Waals surface area contributed by atoms with Crippen molar-refractivity contribution in [3.63, 3.8) is 0 Å². The summed E-state index contributed by atoms with van der Waals surface area (Å²) in [7, 11) is -2.87. The molecule has 0 rings (SSSR count). The summed E-state index contributed by atoms with van der Waals surface area (Å²) in [6.07, 6.45) is 0. The molecule has 0 spiro atoms. The van der Waals surface area contributed by atoms with E-state index in [-0.39, 0.29) is 0 Å². The Kier molecular flexibility index (Phi) is 10.9. The molecular formula is C3H9Br2NO3P+. The third-order valence-electron chi connectivity index (χ3n) is 0.390. The first-order valence-corrected chi connectivity index (χ1v) is 4.92. The van der Waals surface area contributed by atoms with E-state index in [1.165, 1.54) is 0 Å². The monoisotopic (exact) mass is 296 g/mol. The summed E-state index contributed by atoms with van der Waals surface area (Å²) in [5, 5.41) is 0. The second-order valence-corrected chi connectivity index (χ2v) is 4.59. The second kappa shape index (κ2) is 8.04. The van der Waals surface area contributed by atoms with Crippen molar-refractivity contribution in [3.8, 4) is 0 Å². The van der Waals surface area contributed by atoms with E-state index in [4.69, 9.17) is 14.4 Å². The summed E-state index contributed by atoms with van der Waals surface area (Å²) in [5.41, 5.74) is 0. The standard InChI is InChI=1S/C3H7Br2N.HO3P/c1-3(2)6(4)5;1-4(2)3/h3H,1-2H3;(H-,1,2,3)/p+1. The number of rotatable bonds is 1. The third-order valence-corrected chi connectivity index (χ3v) is 2.03. The van der Waals surface area contributed by atoms with Crippen LogP contribution < -0.4 is 0 Å². The van der Waals surface area contributed by atoms with Gasteiger partial charge in [0, 0.05) is 42.9 Å². The summed E-state index contributed by atoms with van der Waals surface area (Å²) in [6.45, 7) is 4.15. The van der Waals surface area contributed by atoms with Crippen LogP contribution >= 0.6 is 40.5 Å². The average Bonchev–Trinajstić information content (AvgIpc) is 1.63. The van der Waals surface area contributed by atoms with Crippen LogP contribution in [0.2, 0.25) is 0 Å². The van der Waals surface area contributed by atoms with Gasteiger partial charge in [-0.3, -0.25) is 0 Å². The SMILES string of the molecule is CC(C)N(Br)Br.O=[P+](O)O. The molecule has 0 saturated heterocycles. The summed E-state index contributed by atoms with van der Waals surface area (Å²) in [6, 6.07) is 0.519. The molecule has 0 aromatic rings. The van der Waals surface area contributed by atoms with Crippen molar-refractivity contribution in [1.29, 1.82) is 0 Å². The van der Waals surface area contributed by atoms with Crippen molar-refractivity contribution < 1.29 is 14.4 Å². The highest BCUT2D eigenvalue weighted by atomic mass is 79.9. The van der Waals surface area contributed by atoms with E-state index in [1.54, 1.807) is 2.95 Å². The molecule has 0 unspecified atom stereocenters. The van der Waals surface area contributed by atoms with Gasteiger partial charge in [0.15, 0.2) is 0 Å². The molecule has 0 aliphatic heterocycles. The van der Waals surface area contributed by atoms with Gasteiger partial charge < -0.3 is 0 Å². The molecule has 0 fully saturated rings. The van der Waals surface area contributed by atoms with E-state index in [0.29, 0.717) is 6.04 Å². The molecule has 62 valence electrons. The fourth-order valence-corrected chi connectivity index (χ4v) is 0. The Balaban J connectivity index is 0. The van der Waals surface area contributed by atoms with Crippen LogP contribution in [0, 0.1) is 0 Å². The predicted octanol–water partition coefficient (Wildman–Crippen LogP) is 1.95. The Morgan fingerprint density at radius 1 is 1.40 bits per heavy atom. The summed E-state index contributed by atoms with van der Waals surface area (Å²) < 4.78 is 10.5. The quantitative estimate of drug-likeness (QED) is 0.574. The minimum absolute atomic E-state index is 0.519. The molecule has 0 aliphatic rings. The zero-order chi connectivity index (χ0) is 8.73. The number of nitrogens with zero attached hydrogens (tertiary/aromatic N) is 1. The van der Waals surface area contributed by atoms with Crippen LogP contribution in [0.25, 0.3) is 0 Å². The normalized spacial score (nSPS) is 9.20. The molecule has 7 heteroatoms. The molecular weight excluding hydrogens is 289 g/mol. The largest absolute Gasteiger partial charge is 0.692 e. The third kappa shape index (κ3) is 23.1.